The lowest BCUT2D eigenvalue weighted by molar-refractivity contribution is 0.0151. The molecule has 22 heavy (non-hydrogen) atoms. The zero-order valence-corrected chi connectivity index (χ0v) is 13.5. The van der Waals surface area contributed by atoms with E-state index in [1.165, 1.54) is 0 Å². The topological polar surface area (TPSA) is 49.8 Å². The van der Waals surface area contributed by atoms with Gasteiger partial charge in [-0.15, -0.1) is 0 Å². The summed E-state index contributed by atoms with van der Waals surface area (Å²) in [4.78, 5) is 14.2. The summed E-state index contributed by atoms with van der Waals surface area (Å²) in [5.41, 5.74) is 0.500. The molecule has 1 heterocycles. The summed E-state index contributed by atoms with van der Waals surface area (Å²) in [5.74, 6) is -0.148. The lowest BCUT2D eigenvalue weighted by atomic mass is 9.89. The highest BCUT2D eigenvalue weighted by atomic mass is 16.6. The van der Waals surface area contributed by atoms with Gasteiger partial charge in [0.25, 0.3) is 0 Å². The first kappa shape index (κ1) is 16.6. The predicted octanol–water partition coefficient (Wildman–Crippen LogP) is 3.33. The maximum Gasteiger partial charge on any atom is 0.410 e. The molecule has 1 aliphatic rings. The molecule has 0 unspecified atom stereocenters. The van der Waals surface area contributed by atoms with Gasteiger partial charge in [-0.1, -0.05) is 42.5 Å². The van der Waals surface area contributed by atoms with Crippen LogP contribution in [0.25, 0.3) is 0 Å². The first-order chi connectivity index (χ1) is 10.4. The van der Waals surface area contributed by atoms with Crippen LogP contribution in [0, 0.1) is 0 Å². The highest BCUT2D eigenvalue weighted by Crippen LogP contribution is 2.28. The Labute approximate surface area is 132 Å². The van der Waals surface area contributed by atoms with Gasteiger partial charge in [0.15, 0.2) is 0 Å². The molecule has 0 saturated heterocycles. The molecule has 0 bridgehead atoms. The molecule has 0 fully saturated rings. The molecule has 4 heteroatoms. The Bertz CT molecular complexity index is 519. The van der Waals surface area contributed by atoms with Crippen LogP contribution in [0.5, 0.6) is 0 Å². The van der Waals surface area contributed by atoms with Crippen molar-refractivity contribution in [3.63, 3.8) is 0 Å². The van der Waals surface area contributed by atoms with E-state index < -0.39 is 5.60 Å². The molecule has 2 rings (SSSR count). The van der Waals surface area contributed by atoms with Gasteiger partial charge in [-0.3, -0.25) is 0 Å². The number of benzene rings is 1. The Morgan fingerprint density at radius 3 is 2.64 bits per heavy atom. The minimum absolute atomic E-state index is 0.0156. The van der Waals surface area contributed by atoms with E-state index in [2.05, 4.69) is 6.08 Å². The first-order valence-electron chi connectivity index (χ1n) is 7.74. The summed E-state index contributed by atoms with van der Waals surface area (Å²) in [7, 11) is 0. The zero-order chi connectivity index (χ0) is 16.2. The maximum absolute atomic E-state index is 12.5. The smallest absolute Gasteiger partial charge is 0.410 e. The van der Waals surface area contributed by atoms with E-state index in [0.717, 1.165) is 12.0 Å². The van der Waals surface area contributed by atoms with Crippen LogP contribution < -0.4 is 0 Å². The van der Waals surface area contributed by atoms with Crippen molar-refractivity contribution < 1.29 is 14.6 Å². The fourth-order valence-corrected chi connectivity index (χ4v) is 2.70. The van der Waals surface area contributed by atoms with E-state index in [0.29, 0.717) is 6.54 Å². The first-order valence-corrected chi connectivity index (χ1v) is 7.74. The largest absolute Gasteiger partial charge is 0.444 e. The number of aliphatic hydroxyl groups is 1. The van der Waals surface area contributed by atoms with Crippen LogP contribution in [-0.4, -0.2) is 40.9 Å². The molecule has 1 aliphatic heterocycles. The van der Waals surface area contributed by atoms with Crippen molar-refractivity contribution in [2.75, 3.05) is 13.2 Å². The molecular weight excluding hydrogens is 278 g/mol. The number of amides is 1. The van der Waals surface area contributed by atoms with Crippen molar-refractivity contribution in [2.45, 2.75) is 44.8 Å². The Morgan fingerprint density at radius 2 is 2.05 bits per heavy atom. The number of nitrogens with zero attached hydrogens (tertiary/aromatic N) is 1. The van der Waals surface area contributed by atoms with Gasteiger partial charge in [0.2, 0.25) is 0 Å². The van der Waals surface area contributed by atoms with Crippen molar-refractivity contribution in [2.24, 2.45) is 0 Å². The SMILES string of the molecule is CC(C)(C)OC(=O)N1CCC=C[C@@H]1[C@H](CO)c1ccccc1. The van der Waals surface area contributed by atoms with E-state index in [4.69, 9.17) is 4.74 Å². The second kappa shape index (κ2) is 6.97. The highest BCUT2D eigenvalue weighted by Gasteiger charge is 2.33. The second-order valence-electron chi connectivity index (χ2n) is 6.58. The summed E-state index contributed by atoms with van der Waals surface area (Å²) in [6.07, 6.45) is 4.55. The number of hydrogen-bond donors (Lipinski definition) is 1. The molecule has 120 valence electrons. The summed E-state index contributed by atoms with van der Waals surface area (Å²) >= 11 is 0. The molecule has 0 aliphatic carbocycles. The standard InChI is InChI=1S/C18H25NO3/c1-18(2,3)22-17(21)19-12-8-7-11-16(19)15(13-20)14-9-5-4-6-10-14/h4-7,9-11,15-16,20H,8,12-13H2,1-3H3/t15-,16-/m1/s1. The zero-order valence-electron chi connectivity index (χ0n) is 13.5. The Morgan fingerprint density at radius 1 is 1.36 bits per heavy atom. The number of carbonyl (C=O) groups excluding carboxylic acids is 1. The van der Waals surface area contributed by atoms with Crippen molar-refractivity contribution >= 4 is 6.09 Å². The molecule has 2 atom stereocenters. The molecular formula is C18H25NO3. The maximum atomic E-state index is 12.5. The minimum atomic E-state index is -0.524. The lowest BCUT2D eigenvalue weighted by Crippen LogP contribution is -2.47. The lowest BCUT2D eigenvalue weighted by Gasteiger charge is -2.37. The van der Waals surface area contributed by atoms with Gasteiger partial charge in [0.1, 0.15) is 5.60 Å². The van der Waals surface area contributed by atoms with E-state index in [-0.39, 0.29) is 24.7 Å². The van der Waals surface area contributed by atoms with Gasteiger partial charge >= 0.3 is 6.09 Å². The Balaban J connectivity index is 2.23. The van der Waals surface area contributed by atoms with Gasteiger partial charge in [-0.25, -0.2) is 4.79 Å². The molecule has 1 N–H and O–H groups in total. The van der Waals surface area contributed by atoms with E-state index in [1.54, 1.807) is 4.90 Å². The van der Waals surface area contributed by atoms with E-state index in [1.807, 2.05) is 57.2 Å². The molecule has 4 nitrogen and oxygen atoms in total. The molecule has 1 aromatic carbocycles. The van der Waals surface area contributed by atoms with Gasteiger partial charge in [0, 0.05) is 12.5 Å². The third kappa shape index (κ3) is 4.10. The van der Waals surface area contributed by atoms with Crippen molar-refractivity contribution in [1.29, 1.82) is 0 Å². The van der Waals surface area contributed by atoms with Crippen LogP contribution in [0.15, 0.2) is 42.5 Å². The number of rotatable bonds is 3. The molecule has 0 radical (unpaired) electrons. The van der Waals surface area contributed by atoms with Gasteiger partial charge in [-0.2, -0.15) is 0 Å². The number of carbonyl (C=O) groups is 1. The van der Waals surface area contributed by atoms with Crippen LogP contribution >= 0.6 is 0 Å². The Kier molecular flexibility index (Phi) is 5.24. The van der Waals surface area contributed by atoms with Crippen molar-refractivity contribution in [3.05, 3.63) is 48.0 Å². The second-order valence-corrected chi connectivity index (χ2v) is 6.58. The van der Waals surface area contributed by atoms with Crippen molar-refractivity contribution in [1.82, 2.24) is 4.90 Å². The highest BCUT2D eigenvalue weighted by molar-refractivity contribution is 5.69. The third-order valence-electron chi connectivity index (χ3n) is 3.69. The minimum Gasteiger partial charge on any atom is -0.444 e. The number of hydrogen-bond acceptors (Lipinski definition) is 3. The van der Waals surface area contributed by atoms with Crippen LogP contribution in [0.2, 0.25) is 0 Å². The molecule has 0 aromatic heterocycles. The van der Waals surface area contributed by atoms with Crippen LogP contribution in [0.4, 0.5) is 4.79 Å². The number of aliphatic hydroxyl groups excluding tert-OH is 1. The quantitative estimate of drug-likeness (QED) is 0.871. The molecule has 0 saturated carbocycles. The monoisotopic (exact) mass is 303 g/mol. The summed E-state index contributed by atoms with van der Waals surface area (Å²) < 4.78 is 5.51. The molecule has 1 aromatic rings. The average molecular weight is 303 g/mol. The molecule has 1 amide bonds. The van der Waals surface area contributed by atoms with Crippen LogP contribution in [-0.2, 0) is 4.74 Å². The van der Waals surface area contributed by atoms with Gasteiger partial charge in [0.05, 0.1) is 12.6 Å². The summed E-state index contributed by atoms with van der Waals surface area (Å²) in [5, 5.41) is 9.85. The normalized spacial score (nSPS) is 19.8. The van der Waals surface area contributed by atoms with Crippen LogP contribution in [0.1, 0.15) is 38.7 Å². The predicted molar refractivity (Wildman–Crippen MR) is 86.8 cm³/mol. The average Bonchev–Trinajstić information content (AvgIpc) is 2.48. The fourth-order valence-electron chi connectivity index (χ4n) is 2.70. The van der Waals surface area contributed by atoms with Gasteiger partial charge in [-0.05, 0) is 32.8 Å². The third-order valence-corrected chi connectivity index (χ3v) is 3.69. The number of ether oxygens (including phenoxy) is 1. The van der Waals surface area contributed by atoms with E-state index >= 15 is 0 Å². The van der Waals surface area contributed by atoms with Crippen molar-refractivity contribution in [3.8, 4) is 0 Å². The Hall–Kier alpha value is -1.81. The van der Waals surface area contributed by atoms with E-state index in [9.17, 15) is 9.90 Å². The summed E-state index contributed by atoms with van der Waals surface area (Å²) in [6.45, 7) is 6.18. The fraction of sp³-hybridized carbons (Fsp3) is 0.500. The summed E-state index contributed by atoms with van der Waals surface area (Å²) in [6, 6.07) is 9.62. The van der Waals surface area contributed by atoms with Gasteiger partial charge < -0.3 is 14.7 Å². The molecule has 0 spiro atoms. The van der Waals surface area contributed by atoms with Crippen LogP contribution in [0.3, 0.4) is 0 Å².